The van der Waals surface area contributed by atoms with Gasteiger partial charge in [-0.25, -0.2) is 0 Å². The predicted molar refractivity (Wildman–Crippen MR) is 107 cm³/mol. The summed E-state index contributed by atoms with van der Waals surface area (Å²) in [6.45, 7) is 1.31. The average molecular weight is 375 g/mol. The number of nitrogens with one attached hydrogen (secondary N) is 1. The molecule has 140 valence electrons. The van der Waals surface area contributed by atoms with Gasteiger partial charge in [-0.15, -0.1) is 12.4 Å². The van der Waals surface area contributed by atoms with Gasteiger partial charge in [0.2, 0.25) is 5.91 Å². The van der Waals surface area contributed by atoms with Crippen LogP contribution in [0.4, 0.5) is 0 Å². The highest BCUT2D eigenvalue weighted by Crippen LogP contribution is 2.32. The Hall–Kier alpha value is -2.04. The van der Waals surface area contributed by atoms with Crippen LogP contribution in [0.3, 0.4) is 0 Å². The molecule has 0 heterocycles. The Balaban J connectivity index is 0.00000243. The maximum Gasteiger partial charge on any atom is 0.240 e. The maximum absolute atomic E-state index is 11.8. The average Bonchev–Trinajstić information content (AvgIpc) is 3.39. The first-order valence-corrected chi connectivity index (χ1v) is 8.99. The van der Waals surface area contributed by atoms with Crippen molar-refractivity contribution in [1.29, 1.82) is 0 Å². The topological polar surface area (TPSA) is 64.4 Å². The van der Waals surface area contributed by atoms with Crippen molar-refractivity contribution < 1.29 is 9.53 Å². The zero-order chi connectivity index (χ0) is 17.5. The number of carbonyl (C=O) groups excluding carboxylic acids is 1. The second-order valence-electron chi connectivity index (χ2n) is 6.75. The van der Waals surface area contributed by atoms with Crippen LogP contribution in [-0.4, -0.2) is 24.6 Å². The monoisotopic (exact) mass is 374 g/mol. The van der Waals surface area contributed by atoms with Crippen molar-refractivity contribution in [3.05, 3.63) is 65.7 Å². The standard InChI is InChI=1S/C21H26N2O2.ClH/c22-21(12-13-21)20(24)23-14-11-18-8-4-10-19(16-18)25-15-5-9-17-6-2-1-3-7-17;/h1-4,6-8,10,16H,5,9,11-15,22H2,(H,23,24);1H. The second-order valence-corrected chi connectivity index (χ2v) is 6.75. The van der Waals surface area contributed by atoms with Gasteiger partial charge in [0.05, 0.1) is 12.1 Å². The van der Waals surface area contributed by atoms with Crippen LogP contribution in [0.15, 0.2) is 54.6 Å². The molecule has 0 bridgehead atoms. The molecule has 1 saturated carbocycles. The molecule has 3 rings (SSSR count). The number of hydrogen-bond acceptors (Lipinski definition) is 3. The van der Waals surface area contributed by atoms with Crippen molar-refractivity contribution in [2.75, 3.05) is 13.2 Å². The molecule has 0 aliphatic heterocycles. The third-order valence-electron chi connectivity index (χ3n) is 4.56. The lowest BCUT2D eigenvalue weighted by molar-refractivity contribution is -0.123. The molecule has 26 heavy (non-hydrogen) atoms. The number of rotatable bonds is 9. The molecule has 2 aromatic carbocycles. The summed E-state index contributed by atoms with van der Waals surface area (Å²) in [5.41, 5.74) is 7.77. The largest absolute Gasteiger partial charge is 0.494 e. The molecule has 0 unspecified atom stereocenters. The zero-order valence-corrected chi connectivity index (χ0v) is 15.8. The number of hydrogen-bond donors (Lipinski definition) is 2. The molecule has 1 aliphatic rings. The van der Waals surface area contributed by atoms with Crippen LogP contribution >= 0.6 is 12.4 Å². The van der Waals surface area contributed by atoms with E-state index in [4.69, 9.17) is 10.5 Å². The number of ether oxygens (including phenoxy) is 1. The molecule has 0 aromatic heterocycles. The number of nitrogens with two attached hydrogens (primary N) is 1. The molecule has 4 nitrogen and oxygen atoms in total. The fourth-order valence-electron chi connectivity index (χ4n) is 2.76. The van der Waals surface area contributed by atoms with Gasteiger partial charge in [-0.05, 0) is 55.4 Å². The Morgan fingerprint density at radius 1 is 1.04 bits per heavy atom. The van der Waals surface area contributed by atoms with E-state index in [1.54, 1.807) is 0 Å². The van der Waals surface area contributed by atoms with Crippen molar-refractivity contribution in [2.45, 2.75) is 37.6 Å². The molecule has 1 fully saturated rings. The molecule has 2 aromatic rings. The molecule has 1 aliphatic carbocycles. The predicted octanol–water partition coefficient (Wildman–Crippen LogP) is 3.27. The third-order valence-corrected chi connectivity index (χ3v) is 4.56. The Kier molecular flexibility index (Phi) is 7.49. The fourth-order valence-corrected chi connectivity index (χ4v) is 2.76. The molecular weight excluding hydrogens is 348 g/mol. The molecule has 0 saturated heterocycles. The van der Waals surface area contributed by atoms with E-state index >= 15 is 0 Å². The summed E-state index contributed by atoms with van der Waals surface area (Å²) in [5, 5.41) is 2.92. The van der Waals surface area contributed by atoms with Crippen LogP contribution in [-0.2, 0) is 17.6 Å². The third kappa shape index (κ3) is 6.04. The van der Waals surface area contributed by atoms with Gasteiger partial charge in [0.15, 0.2) is 0 Å². The van der Waals surface area contributed by atoms with Gasteiger partial charge in [0.25, 0.3) is 0 Å². The van der Waals surface area contributed by atoms with Crippen molar-refractivity contribution >= 4 is 18.3 Å². The van der Waals surface area contributed by atoms with Crippen LogP contribution in [0, 0.1) is 0 Å². The molecule has 0 atom stereocenters. The Labute approximate surface area is 161 Å². The zero-order valence-electron chi connectivity index (χ0n) is 14.9. The molecule has 1 amide bonds. The van der Waals surface area contributed by atoms with Crippen molar-refractivity contribution in [3.63, 3.8) is 0 Å². The van der Waals surface area contributed by atoms with E-state index in [2.05, 4.69) is 35.6 Å². The van der Waals surface area contributed by atoms with Gasteiger partial charge in [-0.1, -0.05) is 42.5 Å². The van der Waals surface area contributed by atoms with E-state index in [1.165, 1.54) is 5.56 Å². The number of amides is 1. The Morgan fingerprint density at radius 3 is 2.50 bits per heavy atom. The van der Waals surface area contributed by atoms with Crippen molar-refractivity contribution in [1.82, 2.24) is 5.32 Å². The van der Waals surface area contributed by atoms with Gasteiger partial charge in [0, 0.05) is 6.54 Å². The van der Waals surface area contributed by atoms with Crippen LogP contribution in [0.25, 0.3) is 0 Å². The van der Waals surface area contributed by atoms with Crippen LogP contribution in [0.2, 0.25) is 0 Å². The van der Waals surface area contributed by atoms with Gasteiger partial charge in [0.1, 0.15) is 5.75 Å². The SMILES string of the molecule is Cl.NC1(C(=O)NCCc2cccc(OCCCc3ccccc3)c2)CC1. The lowest BCUT2D eigenvalue weighted by Gasteiger charge is -2.11. The molecule has 0 radical (unpaired) electrons. The smallest absolute Gasteiger partial charge is 0.240 e. The lowest BCUT2D eigenvalue weighted by atomic mass is 10.1. The lowest BCUT2D eigenvalue weighted by Crippen LogP contribution is -2.43. The maximum atomic E-state index is 11.8. The van der Waals surface area contributed by atoms with Gasteiger partial charge < -0.3 is 15.8 Å². The van der Waals surface area contributed by atoms with E-state index in [0.29, 0.717) is 13.2 Å². The highest BCUT2D eigenvalue weighted by molar-refractivity contribution is 5.88. The van der Waals surface area contributed by atoms with Crippen LogP contribution in [0.5, 0.6) is 5.75 Å². The van der Waals surface area contributed by atoms with Crippen molar-refractivity contribution in [2.24, 2.45) is 5.73 Å². The minimum atomic E-state index is -0.594. The minimum Gasteiger partial charge on any atom is -0.494 e. The summed E-state index contributed by atoms with van der Waals surface area (Å²) in [6, 6.07) is 18.5. The summed E-state index contributed by atoms with van der Waals surface area (Å²) in [7, 11) is 0. The quantitative estimate of drug-likeness (QED) is 0.662. The Bertz CT molecular complexity index is 702. The van der Waals surface area contributed by atoms with Crippen LogP contribution < -0.4 is 15.8 Å². The van der Waals surface area contributed by atoms with Crippen molar-refractivity contribution in [3.8, 4) is 5.75 Å². The summed E-state index contributed by atoms with van der Waals surface area (Å²) in [4.78, 5) is 11.8. The first-order chi connectivity index (χ1) is 12.2. The molecular formula is C21H27ClN2O2. The molecule has 5 heteroatoms. The number of aryl methyl sites for hydroxylation is 1. The van der Waals surface area contributed by atoms with Gasteiger partial charge >= 0.3 is 0 Å². The highest BCUT2D eigenvalue weighted by Gasteiger charge is 2.45. The Morgan fingerprint density at radius 2 is 1.77 bits per heavy atom. The van der Waals surface area contributed by atoms with Gasteiger partial charge in [-0.2, -0.15) is 0 Å². The molecule has 3 N–H and O–H groups in total. The van der Waals surface area contributed by atoms with Crippen LogP contribution in [0.1, 0.15) is 30.4 Å². The summed E-state index contributed by atoms with van der Waals surface area (Å²) < 4.78 is 5.85. The fraction of sp³-hybridized carbons (Fsp3) is 0.381. The highest BCUT2D eigenvalue weighted by atomic mass is 35.5. The number of carbonyl (C=O) groups is 1. The van der Waals surface area contributed by atoms with E-state index in [-0.39, 0.29) is 18.3 Å². The minimum absolute atomic E-state index is 0. The molecule has 0 spiro atoms. The van der Waals surface area contributed by atoms with E-state index < -0.39 is 5.54 Å². The first-order valence-electron chi connectivity index (χ1n) is 8.99. The second kappa shape index (κ2) is 9.60. The summed E-state index contributed by atoms with van der Waals surface area (Å²) >= 11 is 0. The summed E-state index contributed by atoms with van der Waals surface area (Å²) in [6.07, 6.45) is 4.38. The summed E-state index contributed by atoms with van der Waals surface area (Å²) in [5.74, 6) is 0.857. The van der Waals surface area contributed by atoms with E-state index in [1.807, 2.05) is 24.3 Å². The van der Waals surface area contributed by atoms with E-state index in [9.17, 15) is 4.79 Å². The van der Waals surface area contributed by atoms with E-state index in [0.717, 1.165) is 43.4 Å². The number of benzene rings is 2. The normalized spacial score (nSPS) is 14.2. The first kappa shape index (κ1) is 20.3. The van der Waals surface area contributed by atoms with Gasteiger partial charge in [-0.3, -0.25) is 4.79 Å². The number of halogens is 1.